The predicted octanol–water partition coefficient (Wildman–Crippen LogP) is 2.25. The maximum atomic E-state index is 11.0. The van der Waals surface area contributed by atoms with Crippen LogP contribution in [0.25, 0.3) is 0 Å². The number of carbonyl (C=O) groups is 1. The zero-order valence-corrected chi connectivity index (χ0v) is 9.60. The maximum absolute atomic E-state index is 11.0. The summed E-state index contributed by atoms with van der Waals surface area (Å²) in [5, 5.41) is 9.01. The van der Waals surface area contributed by atoms with E-state index in [2.05, 4.69) is 16.9 Å². The van der Waals surface area contributed by atoms with Crippen molar-refractivity contribution in [3.05, 3.63) is 23.3 Å². The first-order valence-corrected chi connectivity index (χ1v) is 5.72. The lowest BCUT2D eigenvalue weighted by atomic mass is 10.1. The molecule has 0 saturated heterocycles. The van der Waals surface area contributed by atoms with E-state index < -0.39 is 5.97 Å². The summed E-state index contributed by atoms with van der Waals surface area (Å²) in [4.78, 5) is 19.5. The molecule has 4 nitrogen and oxygen atoms in total. The molecule has 1 heterocycles. The Hall–Kier alpha value is -1.45. The number of nitrogens with zero attached hydrogens (tertiary/aromatic N) is 2. The quantitative estimate of drug-likeness (QED) is 0.845. The second-order valence-corrected chi connectivity index (χ2v) is 4.46. The Kier molecular flexibility index (Phi) is 2.90. The molecule has 2 rings (SSSR count). The summed E-state index contributed by atoms with van der Waals surface area (Å²) in [7, 11) is 0. The van der Waals surface area contributed by atoms with E-state index in [1.54, 1.807) is 0 Å². The number of carboxylic acid groups (broad SMARTS) is 1. The molecular weight excluding hydrogens is 204 g/mol. The molecule has 2 unspecified atom stereocenters. The van der Waals surface area contributed by atoms with Gasteiger partial charge in [0, 0.05) is 12.1 Å². The second-order valence-electron chi connectivity index (χ2n) is 4.46. The summed E-state index contributed by atoms with van der Waals surface area (Å²) in [6.07, 6.45) is 4.19. The molecule has 86 valence electrons. The molecule has 0 amide bonds. The fraction of sp³-hybridized carbons (Fsp3) is 0.583. The highest BCUT2D eigenvalue weighted by molar-refractivity contribution is 5.88. The molecular formula is C12H16N2O2. The molecule has 0 bridgehead atoms. The van der Waals surface area contributed by atoms with Crippen LogP contribution >= 0.6 is 0 Å². The van der Waals surface area contributed by atoms with E-state index >= 15 is 0 Å². The molecule has 16 heavy (non-hydrogen) atoms. The van der Waals surface area contributed by atoms with Gasteiger partial charge < -0.3 is 5.11 Å². The van der Waals surface area contributed by atoms with E-state index in [4.69, 9.17) is 5.11 Å². The molecule has 1 saturated carbocycles. The molecule has 0 radical (unpaired) electrons. The monoisotopic (exact) mass is 220 g/mol. The lowest BCUT2D eigenvalue weighted by Gasteiger charge is -2.05. The average Bonchev–Trinajstić information content (AvgIpc) is 2.95. The van der Waals surface area contributed by atoms with Crippen LogP contribution in [0.2, 0.25) is 0 Å². The van der Waals surface area contributed by atoms with Crippen LogP contribution in [-0.4, -0.2) is 21.0 Å². The van der Waals surface area contributed by atoms with Gasteiger partial charge in [0.25, 0.3) is 0 Å². The Morgan fingerprint density at radius 2 is 2.31 bits per heavy atom. The molecule has 2 atom stereocenters. The van der Waals surface area contributed by atoms with E-state index in [-0.39, 0.29) is 5.56 Å². The molecule has 1 fully saturated rings. The van der Waals surface area contributed by atoms with Crippen molar-refractivity contribution in [1.29, 1.82) is 0 Å². The predicted molar refractivity (Wildman–Crippen MR) is 59.5 cm³/mol. The largest absolute Gasteiger partial charge is 0.478 e. The summed E-state index contributed by atoms with van der Waals surface area (Å²) in [5.41, 5.74) is 0.929. The topological polar surface area (TPSA) is 63.1 Å². The fourth-order valence-corrected chi connectivity index (χ4v) is 1.90. The fourth-order valence-electron chi connectivity index (χ4n) is 1.90. The summed E-state index contributed by atoms with van der Waals surface area (Å²) < 4.78 is 0. The van der Waals surface area contributed by atoms with Gasteiger partial charge in [0.05, 0.1) is 11.3 Å². The summed E-state index contributed by atoms with van der Waals surface area (Å²) in [6.45, 7) is 4.19. The number of rotatable bonds is 4. The highest BCUT2D eigenvalue weighted by Gasteiger charge is 2.36. The zero-order valence-electron chi connectivity index (χ0n) is 9.60. The summed E-state index contributed by atoms with van der Waals surface area (Å²) >= 11 is 0. The molecule has 0 aromatic carbocycles. The first kappa shape index (κ1) is 11.0. The van der Waals surface area contributed by atoms with Gasteiger partial charge >= 0.3 is 5.97 Å². The van der Waals surface area contributed by atoms with E-state index in [0.29, 0.717) is 24.0 Å². The molecule has 0 aliphatic heterocycles. The standard InChI is InChI=1S/C12H16N2O2/c1-3-4-10-9(12(15)16)6-13-11(14-10)8-5-7(8)2/h6-8H,3-5H2,1-2H3,(H,15,16). The lowest BCUT2D eigenvalue weighted by molar-refractivity contribution is 0.0694. The highest BCUT2D eigenvalue weighted by Crippen LogP contribution is 2.45. The Labute approximate surface area is 94.7 Å². The number of aromatic nitrogens is 2. The number of hydrogen-bond acceptors (Lipinski definition) is 3. The lowest BCUT2D eigenvalue weighted by Crippen LogP contribution is -2.08. The van der Waals surface area contributed by atoms with Gasteiger partial charge in [0.1, 0.15) is 5.82 Å². The van der Waals surface area contributed by atoms with E-state index in [9.17, 15) is 4.79 Å². The Bertz CT molecular complexity index is 417. The van der Waals surface area contributed by atoms with E-state index in [1.807, 2.05) is 6.92 Å². The van der Waals surface area contributed by atoms with Crippen LogP contribution in [0.4, 0.5) is 0 Å². The Balaban J connectivity index is 2.31. The van der Waals surface area contributed by atoms with Crippen LogP contribution < -0.4 is 0 Å². The zero-order chi connectivity index (χ0) is 11.7. The van der Waals surface area contributed by atoms with Crippen molar-refractivity contribution >= 4 is 5.97 Å². The van der Waals surface area contributed by atoms with Gasteiger partial charge in [0.2, 0.25) is 0 Å². The highest BCUT2D eigenvalue weighted by atomic mass is 16.4. The van der Waals surface area contributed by atoms with Gasteiger partial charge in [-0.15, -0.1) is 0 Å². The summed E-state index contributed by atoms with van der Waals surface area (Å²) in [5.74, 6) is 0.975. The molecule has 4 heteroatoms. The van der Waals surface area contributed by atoms with Crippen LogP contribution in [0, 0.1) is 5.92 Å². The van der Waals surface area contributed by atoms with E-state index in [1.165, 1.54) is 6.20 Å². The van der Waals surface area contributed by atoms with Crippen LogP contribution in [0.15, 0.2) is 6.20 Å². The van der Waals surface area contributed by atoms with Gasteiger partial charge in [-0.1, -0.05) is 20.3 Å². The van der Waals surface area contributed by atoms with Gasteiger partial charge in [0.15, 0.2) is 0 Å². The maximum Gasteiger partial charge on any atom is 0.339 e. The van der Waals surface area contributed by atoms with Crippen molar-refractivity contribution in [2.45, 2.75) is 39.0 Å². The Morgan fingerprint density at radius 1 is 1.62 bits per heavy atom. The molecule has 1 aliphatic carbocycles. The smallest absolute Gasteiger partial charge is 0.339 e. The van der Waals surface area contributed by atoms with Crippen molar-refractivity contribution in [3.63, 3.8) is 0 Å². The minimum atomic E-state index is -0.932. The Morgan fingerprint density at radius 3 is 2.81 bits per heavy atom. The third-order valence-corrected chi connectivity index (χ3v) is 3.04. The average molecular weight is 220 g/mol. The second kappa shape index (κ2) is 4.20. The van der Waals surface area contributed by atoms with E-state index in [0.717, 1.165) is 18.7 Å². The van der Waals surface area contributed by atoms with Crippen LogP contribution in [0.5, 0.6) is 0 Å². The third kappa shape index (κ3) is 2.05. The molecule has 0 spiro atoms. The number of hydrogen-bond donors (Lipinski definition) is 1. The normalized spacial score (nSPS) is 23.1. The van der Waals surface area contributed by atoms with Crippen molar-refractivity contribution in [2.24, 2.45) is 5.92 Å². The van der Waals surface area contributed by atoms with Crippen molar-refractivity contribution in [2.75, 3.05) is 0 Å². The van der Waals surface area contributed by atoms with Crippen molar-refractivity contribution in [1.82, 2.24) is 9.97 Å². The van der Waals surface area contributed by atoms with Crippen LogP contribution in [0.1, 0.15) is 54.5 Å². The molecule has 1 aromatic rings. The summed E-state index contributed by atoms with van der Waals surface area (Å²) in [6, 6.07) is 0. The number of aryl methyl sites for hydroxylation is 1. The van der Waals surface area contributed by atoms with Crippen molar-refractivity contribution in [3.8, 4) is 0 Å². The van der Waals surface area contributed by atoms with Crippen LogP contribution in [0.3, 0.4) is 0 Å². The number of aromatic carboxylic acids is 1. The first-order valence-electron chi connectivity index (χ1n) is 5.72. The van der Waals surface area contributed by atoms with Gasteiger partial charge in [-0.3, -0.25) is 0 Å². The van der Waals surface area contributed by atoms with Gasteiger partial charge in [-0.05, 0) is 18.8 Å². The van der Waals surface area contributed by atoms with Gasteiger partial charge in [-0.25, -0.2) is 14.8 Å². The minimum absolute atomic E-state index is 0.249. The van der Waals surface area contributed by atoms with Gasteiger partial charge in [-0.2, -0.15) is 0 Å². The minimum Gasteiger partial charge on any atom is -0.478 e. The molecule has 1 aliphatic rings. The first-order chi connectivity index (χ1) is 7.63. The number of carboxylic acids is 1. The van der Waals surface area contributed by atoms with Crippen LogP contribution in [-0.2, 0) is 6.42 Å². The SMILES string of the molecule is CCCc1nc(C2CC2C)ncc1C(=O)O. The third-order valence-electron chi connectivity index (χ3n) is 3.04. The molecule has 1 aromatic heterocycles. The molecule has 1 N–H and O–H groups in total. The van der Waals surface area contributed by atoms with Crippen molar-refractivity contribution < 1.29 is 9.90 Å².